The molecule has 6 nitrogen and oxygen atoms in total. The monoisotopic (exact) mass is 411 g/mol. The van der Waals surface area contributed by atoms with Gasteiger partial charge < -0.3 is 9.64 Å². The van der Waals surface area contributed by atoms with Crippen LogP contribution in [0, 0.1) is 0 Å². The number of carbonyl (C=O) groups excluding carboxylic acids is 2. The maximum atomic E-state index is 12.6. The summed E-state index contributed by atoms with van der Waals surface area (Å²) in [4.78, 5) is 25.6. The summed E-state index contributed by atoms with van der Waals surface area (Å²) in [5, 5.41) is 0. The normalized spacial score (nSPS) is 12.5. The van der Waals surface area contributed by atoms with Crippen molar-refractivity contribution in [3.63, 3.8) is 0 Å². The Hall–Kier alpha value is -2.81. The molecule has 0 fully saturated rings. The van der Waals surface area contributed by atoms with E-state index in [1.165, 1.54) is 11.8 Å². The Kier molecular flexibility index (Phi) is 6.85. The quantitative estimate of drug-likeness (QED) is 0.653. The molecule has 2 rings (SSSR count). The van der Waals surface area contributed by atoms with E-state index in [0.29, 0.717) is 12.2 Å². The molecule has 0 bridgehead atoms. The number of amides is 1. The van der Waals surface area contributed by atoms with E-state index in [0.717, 1.165) is 24.3 Å². The maximum Gasteiger partial charge on any atom is 0.341 e. The van der Waals surface area contributed by atoms with Crippen molar-refractivity contribution >= 4 is 27.4 Å². The summed E-state index contributed by atoms with van der Waals surface area (Å²) in [6.07, 6.45) is -1.10. The van der Waals surface area contributed by atoms with E-state index >= 15 is 0 Å². The molecule has 0 saturated heterocycles. The minimum Gasteiger partial charge on any atom is -0.449 e. The van der Waals surface area contributed by atoms with Gasteiger partial charge in [0.25, 0.3) is 5.91 Å². The average molecular weight is 411 g/mol. The van der Waals surface area contributed by atoms with Crippen LogP contribution in [0.2, 0.25) is 0 Å². The number of hydrogen-bond donors (Lipinski definition) is 0. The molecule has 0 heterocycles. The van der Waals surface area contributed by atoms with Crippen LogP contribution in [0.5, 0.6) is 0 Å². The average Bonchev–Trinajstić information content (AvgIpc) is 2.69. The fraction of sp³-hybridized carbons (Fsp3) is 0.263. The van der Waals surface area contributed by atoms with Crippen LogP contribution in [-0.4, -0.2) is 38.7 Å². The number of esters is 1. The van der Waals surface area contributed by atoms with Gasteiger partial charge in [0, 0.05) is 12.2 Å². The van der Waals surface area contributed by atoms with Gasteiger partial charge in [-0.2, -0.15) is 8.78 Å². The lowest BCUT2D eigenvalue weighted by atomic mass is 10.2. The molecule has 0 aromatic heterocycles. The van der Waals surface area contributed by atoms with Gasteiger partial charge in [-0.3, -0.25) is 4.79 Å². The lowest BCUT2D eigenvalue weighted by molar-refractivity contribution is -0.126. The Labute approximate surface area is 161 Å². The largest absolute Gasteiger partial charge is 0.449 e. The van der Waals surface area contributed by atoms with Crippen LogP contribution in [0.1, 0.15) is 24.2 Å². The maximum absolute atomic E-state index is 12.6. The number of nitrogens with zero attached hydrogens (tertiary/aromatic N) is 1. The van der Waals surface area contributed by atoms with E-state index in [-0.39, 0.29) is 5.56 Å². The molecule has 0 saturated carbocycles. The molecule has 9 heteroatoms. The second-order valence-corrected chi connectivity index (χ2v) is 7.71. The third-order valence-electron chi connectivity index (χ3n) is 3.93. The third kappa shape index (κ3) is 4.72. The SMILES string of the molecule is CCN(C(=O)[C@H](C)OC(=O)c1ccc(S(=O)(=O)C(F)F)cc1)c1ccccc1. The second kappa shape index (κ2) is 8.92. The molecule has 0 N–H and O–H groups in total. The summed E-state index contributed by atoms with van der Waals surface area (Å²) in [6.45, 7) is 3.56. The van der Waals surface area contributed by atoms with Crippen LogP contribution >= 0.6 is 0 Å². The summed E-state index contributed by atoms with van der Waals surface area (Å²) in [5.41, 5.74) is 0.593. The Morgan fingerprint density at radius 1 is 1.04 bits per heavy atom. The van der Waals surface area contributed by atoms with Crippen LogP contribution in [0.4, 0.5) is 14.5 Å². The molecule has 0 unspecified atom stereocenters. The zero-order valence-electron chi connectivity index (χ0n) is 15.2. The van der Waals surface area contributed by atoms with Gasteiger partial charge in [-0.1, -0.05) is 18.2 Å². The van der Waals surface area contributed by atoms with Crippen molar-refractivity contribution in [1.29, 1.82) is 0 Å². The fourth-order valence-corrected chi connectivity index (χ4v) is 3.18. The first-order chi connectivity index (χ1) is 13.2. The van der Waals surface area contributed by atoms with E-state index in [1.54, 1.807) is 31.2 Å². The highest BCUT2D eigenvalue weighted by atomic mass is 32.2. The molecule has 2 aromatic carbocycles. The highest BCUT2D eigenvalue weighted by Crippen LogP contribution is 2.20. The first kappa shape index (κ1) is 21.5. The number of anilines is 1. The van der Waals surface area contributed by atoms with Gasteiger partial charge in [0.2, 0.25) is 9.84 Å². The molecule has 1 amide bonds. The van der Waals surface area contributed by atoms with Gasteiger partial charge in [0.1, 0.15) is 0 Å². The Balaban J connectivity index is 2.10. The number of sulfone groups is 1. The lowest BCUT2D eigenvalue weighted by Crippen LogP contribution is -2.40. The van der Waals surface area contributed by atoms with Crippen molar-refractivity contribution in [3.05, 3.63) is 60.2 Å². The molecular formula is C19H19F2NO5S. The molecule has 2 aromatic rings. The zero-order chi connectivity index (χ0) is 20.9. The van der Waals surface area contributed by atoms with Crippen LogP contribution in [-0.2, 0) is 19.4 Å². The predicted octanol–water partition coefficient (Wildman–Crippen LogP) is 3.28. The molecular weight excluding hydrogens is 392 g/mol. The van der Waals surface area contributed by atoms with Crippen molar-refractivity contribution in [2.75, 3.05) is 11.4 Å². The number of rotatable bonds is 7. The van der Waals surface area contributed by atoms with Crippen molar-refractivity contribution in [2.45, 2.75) is 30.6 Å². The minimum absolute atomic E-state index is 0.0596. The summed E-state index contributed by atoms with van der Waals surface area (Å²) in [7, 11) is -4.75. The highest BCUT2D eigenvalue weighted by molar-refractivity contribution is 7.91. The fourth-order valence-electron chi connectivity index (χ4n) is 2.46. The Morgan fingerprint density at radius 2 is 1.61 bits per heavy atom. The molecule has 0 spiro atoms. The number of carbonyl (C=O) groups is 2. The van der Waals surface area contributed by atoms with Crippen molar-refractivity contribution in [3.8, 4) is 0 Å². The van der Waals surface area contributed by atoms with Crippen LogP contribution in [0.3, 0.4) is 0 Å². The van der Waals surface area contributed by atoms with Gasteiger partial charge in [-0.25, -0.2) is 13.2 Å². The summed E-state index contributed by atoms with van der Waals surface area (Å²) in [5.74, 6) is -4.86. The van der Waals surface area contributed by atoms with E-state index < -0.39 is 38.5 Å². The summed E-state index contributed by atoms with van der Waals surface area (Å²) in [6, 6.07) is 12.8. The zero-order valence-corrected chi connectivity index (χ0v) is 16.0. The molecule has 0 aliphatic heterocycles. The van der Waals surface area contributed by atoms with Crippen molar-refractivity contribution < 1.29 is 31.5 Å². The van der Waals surface area contributed by atoms with E-state index in [2.05, 4.69) is 0 Å². The number of alkyl halides is 2. The Morgan fingerprint density at radius 3 is 2.11 bits per heavy atom. The molecule has 0 radical (unpaired) electrons. The van der Waals surface area contributed by atoms with Crippen molar-refractivity contribution in [1.82, 2.24) is 0 Å². The van der Waals surface area contributed by atoms with Gasteiger partial charge in [0.15, 0.2) is 6.10 Å². The number of hydrogen-bond acceptors (Lipinski definition) is 5. The summed E-state index contributed by atoms with van der Waals surface area (Å²) >= 11 is 0. The second-order valence-electron chi connectivity index (χ2n) is 5.80. The molecule has 1 atom stereocenters. The van der Waals surface area contributed by atoms with E-state index in [9.17, 15) is 26.8 Å². The predicted molar refractivity (Wildman–Crippen MR) is 99.0 cm³/mol. The summed E-state index contributed by atoms with van der Waals surface area (Å²) < 4.78 is 53.1. The van der Waals surface area contributed by atoms with Crippen LogP contribution in [0.15, 0.2) is 59.5 Å². The molecule has 0 aliphatic carbocycles. The smallest absolute Gasteiger partial charge is 0.341 e. The van der Waals surface area contributed by atoms with Crippen LogP contribution < -0.4 is 4.90 Å². The molecule has 0 aliphatic rings. The number of benzene rings is 2. The molecule has 28 heavy (non-hydrogen) atoms. The van der Waals surface area contributed by atoms with Gasteiger partial charge in [0.05, 0.1) is 10.5 Å². The minimum atomic E-state index is -4.75. The van der Waals surface area contributed by atoms with Gasteiger partial charge in [-0.05, 0) is 50.2 Å². The van der Waals surface area contributed by atoms with Crippen molar-refractivity contribution in [2.24, 2.45) is 0 Å². The van der Waals surface area contributed by atoms with E-state index in [4.69, 9.17) is 4.74 Å². The number of halogens is 2. The molecule has 150 valence electrons. The Bertz CT molecular complexity index is 931. The lowest BCUT2D eigenvalue weighted by Gasteiger charge is -2.24. The topological polar surface area (TPSA) is 80.8 Å². The standard InChI is InChI=1S/C19H19F2NO5S/c1-3-22(15-7-5-4-6-8-15)17(23)13(2)27-18(24)14-9-11-16(12-10-14)28(25,26)19(20)21/h4-13,19H,3H2,1-2H3/t13-/m0/s1. The van der Waals surface area contributed by atoms with Gasteiger partial charge in [-0.15, -0.1) is 0 Å². The number of ether oxygens (including phenoxy) is 1. The highest BCUT2D eigenvalue weighted by Gasteiger charge is 2.27. The first-order valence-electron chi connectivity index (χ1n) is 8.38. The third-order valence-corrected chi connectivity index (χ3v) is 5.33. The van der Waals surface area contributed by atoms with Gasteiger partial charge >= 0.3 is 11.7 Å². The van der Waals surface area contributed by atoms with E-state index in [1.807, 2.05) is 6.07 Å². The van der Waals surface area contributed by atoms with Crippen LogP contribution in [0.25, 0.3) is 0 Å². The number of para-hydroxylation sites is 1. The number of likely N-dealkylation sites (N-methyl/N-ethyl adjacent to an activating group) is 1. The first-order valence-corrected chi connectivity index (χ1v) is 9.92.